The highest BCUT2D eigenvalue weighted by molar-refractivity contribution is 5.98. The number of hydrogen-bond acceptors (Lipinski definition) is 6. The molecule has 1 atom stereocenters. The number of nitrogens with one attached hydrogen (secondary N) is 1. The van der Waals surface area contributed by atoms with Crippen LogP contribution >= 0.6 is 0 Å². The van der Waals surface area contributed by atoms with Gasteiger partial charge < -0.3 is 19.7 Å². The zero-order chi connectivity index (χ0) is 26.6. The number of likely N-dealkylation sites (tertiary alicyclic amines) is 1. The number of rotatable bonds is 6. The summed E-state index contributed by atoms with van der Waals surface area (Å²) in [7, 11) is 1.57. The molecule has 3 amide bonds. The molecule has 198 valence electrons. The highest BCUT2D eigenvalue weighted by Gasteiger charge is 2.54. The van der Waals surface area contributed by atoms with Gasteiger partial charge in [0.25, 0.3) is 5.91 Å². The van der Waals surface area contributed by atoms with Crippen molar-refractivity contribution < 1.29 is 23.9 Å². The Morgan fingerprint density at radius 1 is 1.11 bits per heavy atom. The predicted molar refractivity (Wildman–Crippen MR) is 138 cm³/mol. The summed E-state index contributed by atoms with van der Waals surface area (Å²) in [5.74, 6) is 0.153. The molecule has 1 spiro atoms. The van der Waals surface area contributed by atoms with E-state index in [-0.39, 0.29) is 36.3 Å². The number of nitrogens with zero attached hydrogens (tertiary/aromatic N) is 3. The molecule has 2 aliphatic rings. The van der Waals surface area contributed by atoms with E-state index in [2.05, 4.69) is 10.3 Å². The number of benzene rings is 1. The molecular formula is C28H36N4O5. The van der Waals surface area contributed by atoms with Gasteiger partial charge in [0.05, 0.1) is 26.0 Å². The molecule has 0 saturated carbocycles. The van der Waals surface area contributed by atoms with Crippen LogP contribution < -0.4 is 10.1 Å². The van der Waals surface area contributed by atoms with Crippen LogP contribution in [0.4, 0.5) is 0 Å². The van der Waals surface area contributed by atoms with E-state index in [0.717, 1.165) is 5.69 Å². The molecule has 2 saturated heterocycles. The van der Waals surface area contributed by atoms with E-state index in [0.29, 0.717) is 43.7 Å². The van der Waals surface area contributed by atoms with Crippen molar-refractivity contribution in [2.45, 2.75) is 58.3 Å². The molecule has 2 aromatic rings. The summed E-state index contributed by atoms with van der Waals surface area (Å²) in [6.45, 7) is 7.39. The third-order valence-corrected chi connectivity index (χ3v) is 6.87. The van der Waals surface area contributed by atoms with Gasteiger partial charge in [-0.05, 0) is 41.8 Å². The van der Waals surface area contributed by atoms with Gasteiger partial charge in [-0.1, -0.05) is 26.8 Å². The van der Waals surface area contributed by atoms with Gasteiger partial charge >= 0.3 is 0 Å². The average molecular weight is 509 g/mol. The zero-order valence-electron chi connectivity index (χ0n) is 22.0. The topological polar surface area (TPSA) is 101 Å². The fourth-order valence-corrected chi connectivity index (χ4v) is 4.91. The third-order valence-electron chi connectivity index (χ3n) is 6.87. The first-order chi connectivity index (χ1) is 17.6. The van der Waals surface area contributed by atoms with Crippen LogP contribution in [-0.4, -0.2) is 71.1 Å². The number of aromatic nitrogens is 1. The van der Waals surface area contributed by atoms with Crippen LogP contribution in [0.3, 0.4) is 0 Å². The molecular weight excluding hydrogens is 472 g/mol. The zero-order valence-corrected chi connectivity index (χ0v) is 22.0. The lowest BCUT2D eigenvalue weighted by Gasteiger charge is -2.44. The van der Waals surface area contributed by atoms with E-state index in [4.69, 9.17) is 9.47 Å². The lowest BCUT2D eigenvalue weighted by atomic mass is 9.90. The normalized spacial score (nSPS) is 19.1. The fraction of sp³-hybridized carbons (Fsp3) is 0.500. The molecule has 1 aromatic heterocycles. The molecule has 1 unspecified atom stereocenters. The SMILES string of the molecule is COc1ccc(C(=O)N2C(C(=O)NCc3ccccn3)COC23CCN(C(=O)CC(C)(C)C)CC3)cc1. The second kappa shape index (κ2) is 10.9. The molecule has 1 aromatic carbocycles. The minimum absolute atomic E-state index is 0.0892. The minimum Gasteiger partial charge on any atom is -0.497 e. The second-order valence-corrected chi connectivity index (χ2v) is 10.8. The fourth-order valence-electron chi connectivity index (χ4n) is 4.91. The minimum atomic E-state index is -0.956. The molecule has 2 fully saturated rings. The van der Waals surface area contributed by atoms with Crippen molar-refractivity contribution in [3.8, 4) is 5.75 Å². The van der Waals surface area contributed by atoms with Crippen LogP contribution in [0.25, 0.3) is 0 Å². The van der Waals surface area contributed by atoms with Crippen molar-refractivity contribution in [2.75, 3.05) is 26.8 Å². The molecule has 1 N–H and O–H groups in total. The van der Waals surface area contributed by atoms with Crippen LogP contribution in [0.15, 0.2) is 48.7 Å². The Hall–Kier alpha value is -3.46. The van der Waals surface area contributed by atoms with Gasteiger partial charge in [-0.25, -0.2) is 0 Å². The van der Waals surface area contributed by atoms with Crippen LogP contribution in [0.5, 0.6) is 5.75 Å². The van der Waals surface area contributed by atoms with Crippen molar-refractivity contribution in [1.29, 1.82) is 0 Å². The average Bonchev–Trinajstić information content (AvgIpc) is 3.25. The molecule has 9 heteroatoms. The second-order valence-electron chi connectivity index (χ2n) is 10.8. The van der Waals surface area contributed by atoms with Crippen LogP contribution in [0, 0.1) is 5.41 Å². The quantitative estimate of drug-likeness (QED) is 0.644. The highest BCUT2D eigenvalue weighted by Crippen LogP contribution is 2.39. The number of carbonyl (C=O) groups excluding carboxylic acids is 3. The molecule has 4 rings (SSSR count). The Kier molecular flexibility index (Phi) is 7.82. The molecule has 9 nitrogen and oxygen atoms in total. The number of carbonyl (C=O) groups is 3. The first kappa shape index (κ1) is 26.6. The van der Waals surface area contributed by atoms with Crippen LogP contribution in [-0.2, 0) is 20.9 Å². The first-order valence-corrected chi connectivity index (χ1v) is 12.7. The summed E-state index contributed by atoms with van der Waals surface area (Å²) in [5, 5.41) is 2.91. The summed E-state index contributed by atoms with van der Waals surface area (Å²) < 4.78 is 11.5. The van der Waals surface area contributed by atoms with Crippen molar-refractivity contribution >= 4 is 17.7 Å². The van der Waals surface area contributed by atoms with E-state index in [9.17, 15) is 14.4 Å². The van der Waals surface area contributed by atoms with Gasteiger partial charge in [0.2, 0.25) is 11.8 Å². The third kappa shape index (κ3) is 6.10. The Morgan fingerprint density at radius 3 is 2.41 bits per heavy atom. The number of ether oxygens (including phenoxy) is 2. The maximum atomic E-state index is 13.8. The van der Waals surface area contributed by atoms with E-state index >= 15 is 0 Å². The van der Waals surface area contributed by atoms with Crippen molar-refractivity contribution in [3.05, 3.63) is 59.9 Å². The maximum Gasteiger partial charge on any atom is 0.256 e. The molecule has 0 bridgehead atoms. The maximum absolute atomic E-state index is 13.8. The summed E-state index contributed by atoms with van der Waals surface area (Å²) in [4.78, 5) is 47.7. The summed E-state index contributed by atoms with van der Waals surface area (Å²) in [6, 6.07) is 11.5. The summed E-state index contributed by atoms with van der Waals surface area (Å²) in [5.41, 5.74) is 0.105. The van der Waals surface area contributed by atoms with Gasteiger partial charge in [0, 0.05) is 44.1 Å². The molecule has 0 aliphatic carbocycles. The van der Waals surface area contributed by atoms with Crippen molar-refractivity contribution in [2.24, 2.45) is 5.41 Å². The molecule has 3 heterocycles. The number of methoxy groups -OCH3 is 1. The van der Waals surface area contributed by atoms with Gasteiger partial charge in [-0.2, -0.15) is 0 Å². The number of amides is 3. The van der Waals surface area contributed by atoms with Crippen molar-refractivity contribution in [1.82, 2.24) is 20.1 Å². The summed E-state index contributed by atoms with van der Waals surface area (Å²) >= 11 is 0. The van der Waals surface area contributed by atoms with Crippen molar-refractivity contribution in [3.63, 3.8) is 0 Å². The standard InChI is InChI=1S/C28H36N4O5/c1-27(2,3)17-24(33)31-15-12-28(13-16-31)32(26(35)20-8-10-22(36-4)11-9-20)23(19-37-28)25(34)30-18-21-7-5-6-14-29-21/h5-11,14,23H,12-13,15-19H2,1-4H3,(H,30,34). The Labute approximate surface area is 218 Å². The molecule has 2 aliphatic heterocycles. The molecule has 0 radical (unpaired) electrons. The van der Waals surface area contributed by atoms with Crippen LogP contribution in [0.2, 0.25) is 0 Å². The highest BCUT2D eigenvalue weighted by atomic mass is 16.5. The Bertz CT molecular complexity index is 1110. The molecule has 37 heavy (non-hydrogen) atoms. The monoisotopic (exact) mass is 508 g/mol. The lowest BCUT2D eigenvalue weighted by molar-refractivity contribution is -0.145. The Morgan fingerprint density at radius 2 is 1.81 bits per heavy atom. The van der Waals surface area contributed by atoms with Gasteiger partial charge in [0.1, 0.15) is 17.5 Å². The van der Waals surface area contributed by atoms with E-state index < -0.39 is 11.8 Å². The first-order valence-electron chi connectivity index (χ1n) is 12.7. The van der Waals surface area contributed by atoms with Gasteiger partial charge in [0.15, 0.2) is 0 Å². The van der Waals surface area contributed by atoms with E-state index in [1.54, 1.807) is 42.5 Å². The lowest BCUT2D eigenvalue weighted by Crippen LogP contribution is -2.59. The van der Waals surface area contributed by atoms with Gasteiger partial charge in [-0.3, -0.25) is 24.3 Å². The smallest absolute Gasteiger partial charge is 0.256 e. The van der Waals surface area contributed by atoms with E-state index in [1.807, 2.05) is 43.9 Å². The van der Waals surface area contributed by atoms with E-state index in [1.165, 1.54) is 0 Å². The Balaban J connectivity index is 1.54. The number of pyridine rings is 1. The number of piperidine rings is 1. The largest absolute Gasteiger partial charge is 0.497 e. The predicted octanol–water partition coefficient (Wildman–Crippen LogP) is 3.00. The summed E-state index contributed by atoms with van der Waals surface area (Å²) in [6.07, 6.45) is 3.00. The van der Waals surface area contributed by atoms with Crippen LogP contribution in [0.1, 0.15) is 56.1 Å². The van der Waals surface area contributed by atoms with Gasteiger partial charge in [-0.15, -0.1) is 0 Å². The number of hydrogen-bond donors (Lipinski definition) is 1.